The van der Waals surface area contributed by atoms with Gasteiger partial charge in [0.25, 0.3) is 0 Å². The van der Waals surface area contributed by atoms with E-state index in [9.17, 15) is 4.79 Å². The Hall–Kier alpha value is -0.130. The molecule has 0 aromatic heterocycles. The molecule has 0 radical (unpaired) electrons. The van der Waals surface area contributed by atoms with Gasteiger partial charge in [-0.05, 0) is 26.2 Å². The van der Waals surface area contributed by atoms with Gasteiger partial charge in [0.1, 0.15) is 0 Å². The molecule has 4 nitrogen and oxygen atoms in total. The van der Waals surface area contributed by atoms with Gasteiger partial charge in [0, 0.05) is 13.2 Å². The van der Waals surface area contributed by atoms with Crippen molar-refractivity contribution in [1.29, 1.82) is 0 Å². The molecule has 0 aromatic carbocycles. The summed E-state index contributed by atoms with van der Waals surface area (Å²) in [4.78, 5) is 11.5. The lowest BCUT2D eigenvalue weighted by molar-refractivity contribution is -0.156. The van der Waals surface area contributed by atoms with E-state index in [1.54, 1.807) is 6.92 Å². The summed E-state index contributed by atoms with van der Waals surface area (Å²) >= 11 is 3.59. The summed E-state index contributed by atoms with van der Waals surface area (Å²) < 4.78 is 16.1. The first-order chi connectivity index (χ1) is 8.38. The van der Waals surface area contributed by atoms with Crippen molar-refractivity contribution in [3.05, 3.63) is 0 Å². The molecule has 0 saturated carbocycles. The number of hydrogen-bond donors (Lipinski definition) is 0. The van der Waals surface area contributed by atoms with Gasteiger partial charge in [-0.2, -0.15) is 0 Å². The predicted octanol–water partition coefficient (Wildman–Crippen LogP) is 3.13. The van der Waals surface area contributed by atoms with Crippen LogP contribution < -0.4 is 0 Å². The lowest BCUT2D eigenvalue weighted by Gasteiger charge is -2.34. The second kappa shape index (κ2) is 8.88. The fourth-order valence-electron chi connectivity index (χ4n) is 1.60. The van der Waals surface area contributed by atoms with E-state index >= 15 is 0 Å². The molecule has 0 aliphatic rings. The van der Waals surface area contributed by atoms with Crippen LogP contribution >= 0.6 is 15.9 Å². The normalized spacial score (nSPS) is 13.7. The Kier molecular flexibility index (Phi) is 8.82. The van der Waals surface area contributed by atoms with Gasteiger partial charge in [0.2, 0.25) is 0 Å². The first-order valence-electron chi connectivity index (χ1n) is 6.41. The Morgan fingerprint density at radius 1 is 1.11 bits per heavy atom. The number of carbonyl (C=O) groups is 1. The summed E-state index contributed by atoms with van der Waals surface area (Å²) in [6.07, 6.45) is -0.0302. The maximum absolute atomic E-state index is 11.6. The third-order valence-electron chi connectivity index (χ3n) is 2.55. The maximum atomic E-state index is 11.6. The number of halogens is 1. The molecule has 18 heavy (non-hydrogen) atoms. The van der Waals surface area contributed by atoms with E-state index in [1.807, 2.05) is 27.7 Å². The van der Waals surface area contributed by atoms with Crippen molar-refractivity contribution in [3.63, 3.8) is 0 Å². The van der Waals surface area contributed by atoms with E-state index in [0.717, 1.165) is 0 Å². The van der Waals surface area contributed by atoms with Gasteiger partial charge in [0.05, 0.1) is 17.9 Å². The van der Waals surface area contributed by atoms with Crippen molar-refractivity contribution in [2.45, 2.75) is 52.2 Å². The van der Waals surface area contributed by atoms with E-state index in [4.69, 9.17) is 14.2 Å². The lowest BCUT2D eigenvalue weighted by Crippen LogP contribution is -2.40. The first-order valence-corrected chi connectivity index (χ1v) is 7.33. The fraction of sp³-hybridized carbons (Fsp3) is 0.923. The van der Waals surface area contributed by atoms with Gasteiger partial charge < -0.3 is 14.2 Å². The van der Waals surface area contributed by atoms with Crippen LogP contribution in [0, 0.1) is 5.41 Å². The molecule has 5 heteroatoms. The van der Waals surface area contributed by atoms with Crippen LogP contribution in [0.15, 0.2) is 0 Å². The Bertz CT molecular complexity index is 237. The molecule has 0 heterocycles. The monoisotopic (exact) mass is 324 g/mol. The van der Waals surface area contributed by atoms with Gasteiger partial charge in [-0.3, -0.25) is 4.79 Å². The second-order valence-corrected chi connectivity index (χ2v) is 5.64. The van der Waals surface area contributed by atoms with Crippen molar-refractivity contribution < 1.29 is 19.0 Å². The Morgan fingerprint density at radius 2 is 1.61 bits per heavy atom. The summed E-state index contributed by atoms with van der Waals surface area (Å²) in [6, 6.07) is 0. The molecule has 0 bridgehead atoms. The van der Waals surface area contributed by atoms with Crippen molar-refractivity contribution >= 4 is 21.9 Å². The Morgan fingerprint density at radius 3 is 2.00 bits per heavy atom. The molecule has 0 fully saturated rings. The molecule has 1 atom stereocenters. The minimum atomic E-state index is -0.357. The van der Waals surface area contributed by atoms with Gasteiger partial charge >= 0.3 is 5.97 Å². The Labute approximate surface area is 118 Å². The van der Waals surface area contributed by atoms with Crippen molar-refractivity contribution in [3.8, 4) is 0 Å². The second-order valence-electron chi connectivity index (χ2n) is 4.65. The zero-order chi connectivity index (χ0) is 14.2. The molecule has 0 aliphatic carbocycles. The van der Waals surface area contributed by atoms with Crippen LogP contribution in [0.25, 0.3) is 0 Å². The molecular weight excluding hydrogens is 300 g/mol. The molecule has 0 aromatic rings. The van der Waals surface area contributed by atoms with Crippen molar-refractivity contribution in [2.75, 3.05) is 19.8 Å². The number of alkyl halides is 1. The average molecular weight is 325 g/mol. The standard InChI is InChI=1S/C13H25BrO4/c1-6-16-10(15)9-13(4,5)11(14)12(17-7-2)18-8-3/h11-12H,6-9H2,1-5H3. The van der Waals surface area contributed by atoms with Crippen LogP contribution in [0.1, 0.15) is 41.0 Å². The molecule has 0 amide bonds. The molecule has 0 N–H and O–H groups in total. The number of hydrogen-bond acceptors (Lipinski definition) is 4. The Balaban J connectivity index is 4.57. The minimum absolute atomic E-state index is 0.0747. The summed E-state index contributed by atoms with van der Waals surface area (Å²) in [5.41, 5.74) is -0.304. The topological polar surface area (TPSA) is 44.8 Å². The van der Waals surface area contributed by atoms with E-state index < -0.39 is 0 Å². The smallest absolute Gasteiger partial charge is 0.306 e. The quantitative estimate of drug-likeness (QED) is 0.371. The molecule has 0 saturated heterocycles. The maximum Gasteiger partial charge on any atom is 0.306 e. The highest BCUT2D eigenvalue weighted by Gasteiger charge is 2.37. The number of esters is 1. The van der Waals surface area contributed by atoms with E-state index in [0.29, 0.717) is 26.2 Å². The number of ether oxygens (including phenoxy) is 3. The van der Waals surface area contributed by atoms with Crippen LogP contribution in [-0.2, 0) is 19.0 Å². The van der Waals surface area contributed by atoms with Crippen LogP contribution in [0.4, 0.5) is 0 Å². The van der Waals surface area contributed by atoms with Crippen molar-refractivity contribution in [1.82, 2.24) is 0 Å². The minimum Gasteiger partial charge on any atom is -0.466 e. The third-order valence-corrected chi connectivity index (χ3v) is 4.22. The fourth-order valence-corrected chi connectivity index (χ4v) is 2.06. The summed E-state index contributed by atoms with van der Waals surface area (Å²) in [7, 11) is 0. The van der Waals surface area contributed by atoms with Gasteiger partial charge in [0.15, 0.2) is 6.29 Å². The van der Waals surface area contributed by atoms with Crippen LogP contribution in [0.2, 0.25) is 0 Å². The van der Waals surface area contributed by atoms with Crippen LogP contribution in [0.3, 0.4) is 0 Å². The van der Waals surface area contributed by atoms with Gasteiger partial charge in [-0.15, -0.1) is 0 Å². The third kappa shape index (κ3) is 6.16. The lowest BCUT2D eigenvalue weighted by atomic mass is 9.85. The SMILES string of the molecule is CCOC(=O)CC(C)(C)C(Br)C(OCC)OCC. The highest BCUT2D eigenvalue weighted by Crippen LogP contribution is 2.35. The summed E-state index contributed by atoms with van der Waals surface area (Å²) in [5, 5.41) is 0. The zero-order valence-corrected chi connectivity index (χ0v) is 13.6. The highest BCUT2D eigenvalue weighted by atomic mass is 79.9. The van der Waals surface area contributed by atoms with Gasteiger partial charge in [-0.1, -0.05) is 29.8 Å². The van der Waals surface area contributed by atoms with Crippen molar-refractivity contribution in [2.24, 2.45) is 5.41 Å². The number of carbonyl (C=O) groups excluding carboxylic acids is 1. The van der Waals surface area contributed by atoms with Crippen LogP contribution in [-0.4, -0.2) is 36.9 Å². The molecule has 108 valence electrons. The van der Waals surface area contributed by atoms with E-state index in [-0.39, 0.29) is 22.5 Å². The largest absolute Gasteiger partial charge is 0.466 e. The average Bonchev–Trinajstić information content (AvgIpc) is 2.27. The molecule has 0 rings (SSSR count). The molecular formula is C13H25BrO4. The predicted molar refractivity (Wildman–Crippen MR) is 74.8 cm³/mol. The zero-order valence-electron chi connectivity index (χ0n) is 12.0. The van der Waals surface area contributed by atoms with E-state index in [1.165, 1.54) is 0 Å². The summed E-state index contributed by atoms with van der Waals surface area (Å²) in [5.74, 6) is -0.196. The molecule has 1 unspecified atom stereocenters. The molecule has 0 aliphatic heterocycles. The summed E-state index contributed by atoms with van der Waals surface area (Å²) in [6.45, 7) is 11.2. The van der Waals surface area contributed by atoms with E-state index in [2.05, 4.69) is 15.9 Å². The van der Waals surface area contributed by atoms with Gasteiger partial charge in [-0.25, -0.2) is 0 Å². The van der Waals surface area contributed by atoms with Crippen LogP contribution in [0.5, 0.6) is 0 Å². The highest BCUT2D eigenvalue weighted by molar-refractivity contribution is 9.09. The molecule has 0 spiro atoms. The number of rotatable bonds is 9. The first kappa shape index (κ1) is 17.9.